The Balaban J connectivity index is 2.29. The molecule has 0 unspecified atom stereocenters. The first kappa shape index (κ1) is 19.3. The van der Waals surface area contributed by atoms with Gasteiger partial charge in [-0.3, -0.25) is 4.99 Å². The van der Waals surface area contributed by atoms with Crippen molar-refractivity contribution in [2.45, 2.75) is 33.7 Å². The Hall–Kier alpha value is -1.75. The van der Waals surface area contributed by atoms with Crippen LogP contribution in [-0.4, -0.2) is 39.4 Å². The van der Waals surface area contributed by atoms with Crippen molar-refractivity contribution in [2.24, 2.45) is 10.9 Å². The maximum absolute atomic E-state index is 5.63. The summed E-state index contributed by atoms with van der Waals surface area (Å²) < 4.78 is 11.2. The quantitative estimate of drug-likeness (QED) is 0.395. The summed E-state index contributed by atoms with van der Waals surface area (Å²) in [5.74, 6) is 2.36. The Bertz CT molecular complexity index is 461. The second-order valence-corrected chi connectivity index (χ2v) is 5.69. The lowest BCUT2D eigenvalue weighted by Crippen LogP contribution is -2.38. The van der Waals surface area contributed by atoms with Gasteiger partial charge in [0.05, 0.1) is 13.2 Å². The summed E-state index contributed by atoms with van der Waals surface area (Å²) in [6.07, 6.45) is 1.10. The third-order valence-electron chi connectivity index (χ3n) is 3.32. The molecule has 0 bridgehead atoms. The van der Waals surface area contributed by atoms with Gasteiger partial charge in [-0.2, -0.15) is 0 Å². The molecule has 0 amide bonds. The van der Waals surface area contributed by atoms with E-state index in [4.69, 9.17) is 9.47 Å². The Morgan fingerprint density at radius 1 is 1.17 bits per heavy atom. The molecule has 5 nitrogen and oxygen atoms in total. The third kappa shape index (κ3) is 8.45. The van der Waals surface area contributed by atoms with Crippen molar-refractivity contribution >= 4 is 5.96 Å². The van der Waals surface area contributed by atoms with Crippen molar-refractivity contribution < 1.29 is 9.47 Å². The second-order valence-electron chi connectivity index (χ2n) is 5.69. The zero-order valence-electron chi connectivity index (χ0n) is 14.9. The number of benzene rings is 1. The van der Waals surface area contributed by atoms with Gasteiger partial charge in [-0.05, 0) is 25.3 Å². The molecule has 0 radical (unpaired) electrons. The Kier molecular flexibility index (Phi) is 9.87. The number of rotatable bonds is 10. The predicted molar refractivity (Wildman–Crippen MR) is 96.1 cm³/mol. The van der Waals surface area contributed by atoms with E-state index in [1.54, 1.807) is 7.05 Å². The fourth-order valence-corrected chi connectivity index (χ4v) is 2.01. The van der Waals surface area contributed by atoms with Crippen molar-refractivity contribution in [1.82, 2.24) is 10.6 Å². The molecule has 0 aliphatic rings. The van der Waals surface area contributed by atoms with Gasteiger partial charge in [0.1, 0.15) is 5.75 Å². The molecular formula is C18H31N3O2. The highest BCUT2D eigenvalue weighted by Crippen LogP contribution is 2.17. The van der Waals surface area contributed by atoms with Gasteiger partial charge in [-0.15, -0.1) is 0 Å². The number of ether oxygens (including phenoxy) is 2. The molecule has 0 spiro atoms. The van der Waals surface area contributed by atoms with Crippen molar-refractivity contribution in [3.8, 4) is 5.75 Å². The summed E-state index contributed by atoms with van der Waals surface area (Å²) in [6.45, 7) is 9.97. The van der Waals surface area contributed by atoms with Gasteiger partial charge in [0.15, 0.2) is 5.96 Å². The van der Waals surface area contributed by atoms with Crippen LogP contribution in [0.5, 0.6) is 5.75 Å². The number of nitrogens with one attached hydrogen (secondary N) is 2. The molecule has 0 aliphatic carbocycles. The zero-order valence-corrected chi connectivity index (χ0v) is 14.9. The molecule has 1 aromatic carbocycles. The van der Waals surface area contributed by atoms with Crippen LogP contribution in [0.25, 0.3) is 0 Å². The van der Waals surface area contributed by atoms with E-state index < -0.39 is 0 Å². The molecule has 0 saturated carbocycles. The monoisotopic (exact) mass is 321 g/mol. The van der Waals surface area contributed by atoms with Crippen molar-refractivity contribution in [3.05, 3.63) is 29.8 Å². The van der Waals surface area contributed by atoms with Crippen LogP contribution in [0, 0.1) is 5.92 Å². The van der Waals surface area contributed by atoms with Crippen LogP contribution >= 0.6 is 0 Å². The Labute approximate surface area is 140 Å². The first-order chi connectivity index (χ1) is 11.2. The molecule has 23 heavy (non-hydrogen) atoms. The van der Waals surface area contributed by atoms with Crippen LogP contribution in [0.1, 0.15) is 32.8 Å². The van der Waals surface area contributed by atoms with E-state index in [0.717, 1.165) is 36.8 Å². The normalized spacial score (nSPS) is 11.6. The zero-order chi connectivity index (χ0) is 16.9. The molecule has 0 saturated heterocycles. The maximum atomic E-state index is 5.63. The van der Waals surface area contributed by atoms with Crippen molar-refractivity contribution in [1.29, 1.82) is 0 Å². The fraction of sp³-hybridized carbons (Fsp3) is 0.611. The summed E-state index contributed by atoms with van der Waals surface area (Å²) in [5, 5.41) is 6.55. The summed E-state index contributed by atoms with van der Waals surface area (Å²) in [5.41, 5.74) is 1.12. The highest BCUT2D eigenvalue weighted by molar-refractivity contribution is 5.79. The van der Waals surface area contributed by atoms with Crippen LogP contribution < -0.4 is 15.4 Å². The molecule has 0 heterocycles. The van der Waals surface area contributed by atoms with Gasteiger partial charge in [0.25, 0.3) is 0 Å². The van der Waals surface area contributed by atoms with Gasteiger partial charge in [-0.1, -0.05) is 32.0 Å². The number of hydrogen-bond donors (Lipinski definition) is 2. The van der Waals surface area contributed by atoms with E-state index >= 15 is 0 Å². The van der Waals surface area contributed by atoms with Crippen LogP contribution in [0.3, 0.4) is 0 Å². The Morgan fingerprint density at radius 2 is 1.96 bits per heavy atom. The maximum Gasteiger partial charge on any atom is 0.191 e. The topological polar surface area (TPSA) is 54.9 Å². The lowest BCUT2D eigenvalue weighted by molar-refractivity contribution is 0.128. The first-order valence-electron chi connectivity index (χ1n) is 8.40. The van der Waals surface area contributed by atoms with Gasteiger partial charge in [-0.25, -0.2) is 0 Å². The van der Waals surface area contributed by atoms with Gasteiger partial charge < -0.3 is 20.1 Å². The minimum absolute atomic E-state index is 0.664. The molecule has 1 rings (SSSR count). The third-order valence-corrected chi connectivity index (χ3v) is 3.32. The van der Waals surface area contributed by atoms with Crippen LogP contribution in [-0.2, 0) is 11.3 Å². The van der Waals surface area contributed by atoms with Gasteiger partial charge in [0, 0.05) is 32.3 Å². The highest BCUT2D eigenvalue weighted by Gasteiger charge is 2.03. The standard InChI is InChI=1S/C18H31N3O2/c1-5-23-17-9-7-6-8-16(17)14-21-18(19-4)20-11-13-22-12-10-15(2)3/h6-9,15H,5,10-14H2,1-4H3,(H2,19,20,21). The van der Waals surface area contributed by atoms with E-state index in [0.29, 0.717) is 25.7 Å². The largest absolute Gasteiger partial charge is 0.494 e. The fourth-order valence-electron chi connectivity index (χ4n) is 2.01. The molecular weight excluding hydrogens is 290 g/mol. The molecule has 2 N–H and O–H groups in total. The summed E-state index contributed by atoms with van der Waals surface area (Å²) >= 11 is 0. The minimum Gasteiger partial charge on any atom is -0.494 e. The van der Waals surface area contributed by atoms with E-state index in [1.807, 2.05) is 25.1 Å². The summed E-state index contributed by atoms with van der Waals surface area (Å²) in [4.78, 5) is 4.22. The van der Waals surface area contributed by atoms with Crippen molar-refractivity contribution in [2.75, 3.05) is 33.4 Å². The Morgan fingerprint density at radius 3 is 2.65 bits per heavy atom. The lowest BCUT2D eigenvalue weighted by Gasteiger charge is -2.14. The van der Waals surface area contributed by atoms with Crippen LogP contribution in [0.4, 0.5) is 0 Å². The summed E-state index contributed by atoms with van der Waals surface area (Å²) in [7, 11) is 1.77. The number of nitrogens with zero attached hydrogens (tertiary/aromatic N) is 1. The van der Waals surface area contributed by atoms with E-state index in [-0.39, 0.29) is 0 Å². The highest BCUT2D eigenvalue weighted by atomic mass is 16.5. The minimum atomic E-state index is 0.664. The predicted octanol–water partition coefficient (Wildman–Crippen LogP) is 2.81. The molecule has 1 aromatic rings. The summed E-state index contributed by atoms with van der Waals surface area (Å²) in [6, 6.07) is 8.04. The second kappa shape index (κ2) is 11.8. The SMILES string of the molecule is CCOc1ccccc1CNC(=NC)NCCOCCC(C)C. The van der Waals surface area contributed by atoms with E-state index in [1.165, 1.54) is 0 Å². The van der Waals surface area contributed by atoms with Gasteiger partial charge >= 0.3 is 0 Å². The number of para-hydroxylation sites is 1. The number of aliphatic imine (C=N–C) groups is 1. The molecule has 0 aromatic heterocycles. The average Bonchev–Trinajstić information content (AvgIpc) is 2.54. The lowest BCUT2D eigenvalue weighted by atomic mass is 10.1. The molecule has 0 atom stereocenters. The first-order valence-corrected chi connectivity index (χ1v) is 8.40. The van der Waals surface area contributed by atoms with E-state index in [2.05, 4.69) is 35.5 Å². The number of hydrogen-bond acceptors (Lipinski definition) is 3. The molecule has 0 fully saturated rings. The van der Waals surface area contributed by atoms with Crippen LogP contribution in [0.15, 0.2) is 29.3 Å². The molecule has 0 aliphatic heterocycles. The van der Waals surface area contributed by atoms with Gasteiger partial charge in [0.2, 0.25) is 0 Å². The molecule has 130 valence electrons. The average molecular weight is 321 g/mol. The van der Waals surface area contributed by atoms with E-state index in [9.17, 15) is 0 Å². The van der Waals surface area contributed by atoms with Crippen molar-refractivity contribution in [3.63, 3.8) is 0 Å². The van der Waals surface area contributed by atoms with Crippen LogP contribution in [0.2, 0.25) is 0 Å². The number of guanidine groups is 1. The molecule has 5 heteroatoms. The smallest absolute Gasteiger partial charge is 0.191 e.